The fourth-order valence-electron chi connectivity index (χ4n) is 3.66. The normalized spacial score (nSPS) is 29.9. The summed E-state index contributed by atoms with van der Waals surface area (Å²) in [5.74, 6) is -1.05. The Balaban J connectivity index is 1.72. The summed E-state index contributed by atoms with van der Waals surface area (Å²) < 4.78 is 32.2. The minimum atomic E-state index is -0.781. The van der Waals surface area contributed by atoms with E-state index in [2.05, 4.69) is 12.2 Å². The third-order valence-electron chi connectivity index (χ3n) is 4.58. The van der Waals surface area contributed by atoms with Crippen LogP contribution in [0.5, 0.6) is 0 Å². The Bertz CT molecular complexity index is 480. The van der Waals surface area contributed by atoms with Gasteiger partial charge >= 0.3 is 0 Å². The van der Waals surface area contributed by atoms with Crippen molar-refractivity contribution < 1.29 is 13.5 Å². The number of hydrogen-bond donors (Lipinski definition) is 1. The summed E-state index contributed by atoms with van der Waals surface area (Å²) in [4.78, 5) is 0. The maximum atomic E-state index is 13.3. The molecular formula is C16H21F2NO. The van der Waals surface area contributed by atoms with Gasteiger partial charge in [-0.1, -0.05) is 13.0 Å². The third kappa shape index (κ3) is 2.72. The van der Waals surface area contributed by atoms with Crippen LogP contribution in [0.15, 0.2) is 18.2 Å². The first kappa shape index (κ1) is 14.0. The quantitative estimate of drug-likeness (QED) is 0.895. The van der Waals surface area contributed by atoms with Gasteiger partial charge in [0.05, 0.1) is 12.2 Å². The van der Waals surface area contributed by atoms with Crippen LogP contribution in [0, 0.1) is 17.6 Å². The Morgan fingerprint density at radius 1 is 1.30 bits per heavy atom. The molecule has 0 radical (unpaired) electrons. The van der Waals surface area contributed by atoms with Crippen LogP contribution in [-0.4, -0.2) is 24.8 Å². The van der Waals surface area contributed by atoms with Gasteiger partial charge in [0.15, 0.2) is 11.6 Å². The molecule has 0 spiro atoms. The van der Waals surface area contributed by atoms with Crippen LogP contribution in [0.25, 0.3) is 0 Å². The van der Waals surface area contributed by atoms with E-state index in [1.54, 1.807) is 6.07 Å². The van der Waals surface area contributed by atoms with Gasteiger partial charge in [0, 0.05) is 12.0 Å². The van der Waals surface area contributed by atoms with Crippen LogP contribution in [0.3, 0.4) is 0 Å². The Labute approximate surface area is 118 Å². The molecule has 1 aromatic rings. The molecular weight excluding hydrogens is 260 g/mol. The second-order valence-electron chi connectivity index (χ2n) is 5.89. The minimum absolute atomic E-state index is 0.278. The van der Waals surface area contributed by atoms with Crippen LogP contribution >= 0.6 is 0 Å². The summed E-state index contributed by atoms with van der Waals surface area (Å²) in [5, 5.41) is 3.50. The average Bonchev–Trinajstić information content (AvgIpc) is 3.05. The summed E-state index contributed by atoms with van der Waals surface area (Å²) in [6, 6.07) is 4.48. The molecule has 2 bridgehead atoms. The van der Waals surface area contributed by atoms with E-state index in [9.17, 15) is 8.78 Å². The molecule has 2 heterocycles. The molecule has 1 aromatic carbocycles. The molecule has 2 aliphatic heterocycles. The van der Waals surface area contributed by atoms with Crippen molar-refractivity contribution in [1.29, 1.82) is 0 Å². The average molecular weight is 281 g/mol. The predicted octanol–water partition coefficient (Wildman–Crippen LogP) is 3.05. The van der Waals surface area contributed by atoms with Crippen LogP contribution in [0.1, 0.15) is 31.7 Å². The Morgan fingerprint density at radius 2 is 2.15 bits per heavy atom. The molecule has 2 saturated heterocycles. The standard InChI is InChI=1S/C16H21F2NO/c1-2-19-15(12-9-11-4-6-16(12)20-11)8-10-3-5-13(17)14(18)7-10/h3,5,7,11-12,15-16,19H,2,4,6,8-9H2,1H3. The molecule has 3 rings (SSSR count). The summed E-state index contributed by atoms with van der Waals surface area (Å²) >= 11 is 0. The molecule has 2 nitrogen and oxygen atoms in total. The molecule has 0 aromatic heterocycles. The highest BCUT2D eigenvalue weighted by Gasteiger charge is 2.44. The molecule has 0 amide bonds. The number of fused-ring (bicyclic) bond motifs is 2. The second-order valence-corrected chi connectivity index (χ2v) is 5.89. The van der Waals surface area contributed by atoms with Crippen molar-refractivity contribution in [3.63, 3.8) is 0 Å². The molecule has 110 valence electrons. The fraction of sp³-hybridized carbons (Fsp3) is 0.625. The number of rotatable bonds is 5. The van der Waals surface area contributed by atoms with Crippen molar-refractivity contribution in [3.8, 4) is 0 Å². The zero-order chi connectivity index (χ0) is 14.1. The summed E-state index contributed by atoms with van der Waals surface area (Å²) in [7, 11) is 0. The number of ether oxygens (including phenoxy) is 1. The lowest BCUT2D eigenvalue weighted by Gasteiger charge is -2.29. The molecule has 20 heavy (non-hydrogen) atoms. The Morgan fingerprint density at radius 3 is 2.75 bits per heavy atom. The van der Waals surface area contributed by atoms with Crippen LogP contribution in [-0.2, 0) is 11.2 Å². The maximum absolute atomic E-state index is 13.3. The predicted molar refractivity (Wildman–Crippen MR) is 73.5 cm³/mol. The van der Waals surface area contributed by atoms with Gasteiger partial charge in [0.25, 0.3) is 0 Å². The summed E-state index contributed by atoms with van der Waals surface area (Å²) in [6.45, 7) is 2.95. The zero-order valence-electron chi connectivity index (χ0n) is 11.7. The van der Waals surface area contributed by atoms with E-state index in [1.165, 1.54) is 18.6 Å². The fourth-order valence-corrected chi connectivity index (χ4v) is 3.66. The molecule has 4 atom stereocenters. The second kappa shape index (κ2) is 5.78. The third-order valence-corrected chi connectivity index (χ3v) is 4.58. The summed E-state index contributed by atoms with van der Waals surface area (Å²) in [5.41, 5.74) is 0.845. The van der Waals surface area contributed by atoms with E-state index in [4.69, 9.17) is 4.74 Å². The maximum Gasteiger partial charge on any atom is 0.159 e. The van der Waals surface area contributed by atoms with E-state index < -0.39 is 11.6 Å². The first-order valence-corrected chi connectivity index (χ1v) is 7.50. The van der Waals surface area contributed by atoms with Gasteiger partial charge in [-0.25, -0.2) is 8.78 Å². The van der Waals surface area contributed by atoms with Crippen molar-refractivity contribution in [2.75, 3.05) is 6.54 Å². The number of benzene rings is 1. The van der Waals surface area contributed by atoms with Crippen molar-refractivity contribution in [2.24, 2.45) is 5.92 Å². The lowest BCUT2D eigenvalue weighted by Crippen LogP contribution is -2.42. The number of halogens is 2. The highest BCUT2D eigenvalue weighted by atomic mass is 19.2. The summed E-state index contributed by atoms with van der Waals surface area (Å²) in [6.07, 6.45) is 4.87. The van der Waals surface area contributed by atoms with E-state index in [0.29, 0.717) is 18.1 Å². The van der Waals surface area contributed by atoms with Gasteiger partial charge in [0.1, 0.15) is 0 Å². The van der Waals surface area contributed by atoms with Gasteiger partial charge in [-0.15, -0.1) is 0 Å². The lowest BCUT2D eigenvalue weighted by atomic mass is 9.81. The highest BCUT2D eigenvalue weighted by Crippen LogP contribution is 2.41. The SMILES string of the molecule is CCNC(Cc1ccc(F)c(F)c1)C1CC2CCC1O2. The Hall–Kier alpha value is -1.00. The van der Waals surface area contributed by atoms with Crippen molar-refractivity contribution >= 4 is 0 Å². The molecule has 4 unspecified atom stereocenters. The molecule has 4 heteroatoms. The van der Waals surface area contributed by atoms with E-state index in [-0.39, 0.29) is 6.04 Å². The van der Waals surface area contributed by atoms with Crippen molar-refractivity contribution in [1.82, 2.24) is 5.32 Å². The highest BCUT2D eigenvalue weighted by molar-refractivity contribution is 5.19. The number of hydrogen-bond acceptors (Lipinski definition) is 2. The lowest BCUT2D eigenvalue weighted by molar-refractivity contribution is 0.0858. The molecule has 2 fully saturated rings. The molecule has 0 aliphatic carbocycles. The molecule has 1 N–H and O–H groups in total. The number of likely N-dealkylation sites (N-methyl/N-ethyl adjacent to an activating group) is 1. The topological polar surface area (TPSA) is 21.3 Å². The van der Waals surface area contributed by atoms with Gasteiger partial charge in [0.2, 0.25) is 0 Å². The monoisotopic (exact) mass is 281 g/mol. The van der Waals surface area contributed by atoms with Crippen LogP contribution in [0.4, 0.5) is 8.78 Å². The van der Waals surface area contributed by atoms with E-state index >= 15 is 0 Å². The van der Waals surface area contributed by atoms with Gasteiger partial charge in [-0.3, -0.25) is 0 Å². The van der Waals surface area contributed by atoms with Gasteiger partial charge < -0.3 is 10.1 Å². The van der Waals surface area contributed by atoms with E-state index in [1.807, 2.05) is 0 Å². The van der Waals surface area contributed by atoms with Crippen LogP contribution in [0.2, 0.25) is 0 Å². The molecule has 2 aliphatic rings. The minimum Gasteiger partial charge on any atom is -0.375 e. The Kier molecular flexibility index (Phi) is 4.03. The van der Waals surface area contributed by atoms with Crippen LogP contribution < -0.4 is 5.32 Å². The first-order valence-electron chi connectivity index (χ1n) is 7.50. The zero-order valence-corrected chi connectivity index (χ0v) is 11.7. The van der Waals surface area contributed by atoms with E-state index in [0.717, 1.165) is 31.4 Å². The number of nitrogens with one attached hydrogen (secondary N) is 1. The first-order chi connectivity index (χ1) is 9.67. The smallest absolute Gasteiger partial charge is 0.159 e. The molecule has 0 saturated carbocycles. The van der Waals surface area contributed by atoms with Crippen molar-refractivity contribution in [2.45, 2.75) is 50.9 Å². The van der Waals surface area contributed by atoms with Gasteiger partial charge in [-0.05, 0) is 49.9 Å². The van der Waals surface area contributed by atoms with Crippen molar-refractivity contribution in [3.05, 3.63) is 35.4 Å². The largest absolute Gasteiger partial charge is 0.375 e. The van der Waals surface area contributed by atoms with Gasteiger partial charge in [-0.2, -0.15) is 0 Å².